The van der Waals surface area contributed by atoms with Crippen molar-refractivity contribution in [1.82, 2.24) is 0 Å². The van der Waals surface area contributed by atoms with Crippen molar-refractivity contribution < 1.29 is 0 Å². The van der Waals surface area contributed by atoms with Crippen molar-refractivity contribution in [3.8, 4) is 11.1 Å². The van der Waals surface area contributed by atoms with Gasteiger partial charge in [0.2, 0.25) is 0 Å². The van der Waals surface area contributed by atoms with E-state index in [2.05, 4.69) is 224 Å². The highest BCUT2D eigenvalue weighted by Gasteiger charge is 2.52. The summed E-state index contributed by atoms with van der Waals surface area (Å²) >= 11 is 7.04. The number of hydrogen-bond donors (Lipinski definition) is 0. The predicted molar refractivity (Wildman–Crippen MR) is 254 cm³/mol. The van der Waals surface area contributed by atoms with Crippen LogP contribution in [0.15, 0.2) is 188 Å². The molecule has 2 heterocycles. The van der Waals surface area contributed by atoms with Gasteiger partial charge in [0, 0.05) is 28.0 Å². The van der Waals surface area contributed by atoms with Crippen LogP contribution in [-0.4, -0.2) is 8.07 Å². The van der Waals surface area contributed by atoms with Crippen LogP contribution < -0.4 is 30.9 Å². The van der Waals surface area contributed by atoms with E-state index in [0.717, 1.165) is 22.7 Å². The topological polar surface area (TPSA) is 6.48 Å². The van der Waals surface area contributed by atoms with Crippen LogP contribution in [0.1, 0.15) is 27.8 Å². The Morgan fingerprint density at radius 2 is 1.00 bits per heavy atom. The second kappa shape index (κ2) is 12.9. The van der Waals surface area contributed by atoms with Crippen LogP contribution in [0.5, 0.6) is 0 Å². The number of benzene rings is 8. The van der Waals surface area contributed by atoms with E-state index >= 15 is 0 Å². The highest BCUT2D eigenvalue weighted by Crippen LogP contribution is 2.64. The first-order valence-electron chi connectivity index (χ1n) is 20.2. The van der Waals surface area contributed by atoms with Crippen LogP contribution in [-0.2, 0) is 17.2 Å². The molecule has 0 aromatic heterocycles. The minimum absolute atomic E-state index is 0.478. The predicted octanol–water partition coefficient (Wildman–Crippen LogP) is 12.2. The summed E-state index contributed by atoms with van der Waals surface area (Å²) < 4.78 is 0. The second-order valence-electron chi connectivity index (χ2n) is 17.0. The highest BCUT2D eigenvalue weighted by atomic mass is 32.4. The Morgan fingerprint density at radius 1 is 0.448 bits per heavy atom. The lowest BCUT2D eigenvalue weighted by Crippen LogP contribution is -2.42. The van der Waals surface area contributed by atoms with E-state index in [1.165, 1.54) is 71.4 Å². The normalized spacial score (nSPS) is 16.8. The molecule has 1 spiro atoms. The molecule has 0 saturated carbocycles. The zero-order valence-electron chi connectivity index (χ0n) is 33.1. The molecule has 8 aromatic rings. The number of anilines is 6. The summed E-state index contributed by atoms with van der Waals surface area (Å²) in [4.78, 5) is 4.99. The maximum atomic E-state index is 7.04. The summed E-state index contributed by atoms with van der Waals surface area (Å²) in [6, 6.07) is 67.9. The summed E-state index contributed by atoms with van der Waals surface area (Å²) in [5, 5.41) is 5.11. The largest absolute Gasteiger partial charge is 0.310 e. The number of rotatable bonds is 4. The molecule has 2 nitrogen and oxygen atoms in total. The summed E-state index contributed by atoms with van der Waals surface area (Å²) in [6.07, 6.45) is 0. The first-order chi connectivity index (χ1) is 28.2. The monoisotopic (exact) mass is 798 g/mol. The van der Waals surface area contributed by atoms with Crippen molar-refractivity contribution in [3.05, 3.63) is 216 Å². The molecule has 280 valence electrons. The van der Waals surface area contributed by atoms with Gasteiger partial charge >= 0.3 is 0 Å². The number of aryl methyl sites for hydroxylation is 1. The van der Waals surface area contributed by atoms with Gasteiger partial charge in [-0.1, -0.05) is 182 Å². The molecule has 0 amide bonds. The van der Waals surface area contributed by atoms with Crippen LogP contribution >= 0.6 is 6.04 Å². The van der Waals surface area contributed by atoms with E-state index < -0.39 is 19.5 Å². The average Bonchev–Trinajstić information content (AvgIpc) is 3.55. The van der Waals surface area contributed by atoms with E-state index in [1.807, 2.05) is 0 Å². The van der Waals surface area contributed by atoms with Crippen molar-refractivity contribution in [2.75, 3.05) is 9.80 Å². The van der Waals surface area contributed by atoms with E-state index in [-0.39, 0.29) is 0 Å². The van der Waals surface area contributed by atoms with E-state index in [0.29, 0.717) is 0 Å². The molecule has 0 bridgehead atoms. The van der Waals surface area contributed by atoms with Gasteiger partial charge in [0.25, 0.3) is 0 Å². The van der Waals surface area contributed by atoms with Gasteiger partial charge < -0.3 is 9.80 Å². The Bertz CT molecular complexity index is 2960. The average molecular weight is 799 g/mol. The zero-order valence-corrected chi connectivity index (χ0v) is 35.9. The Balaban J connectivity index is 1.23. The number of fused-ring (bicyclic) bond motifs is 11. The smallest absolute Gasteiger partial charge is 0.0776 e. The summed E-state index contributed by atoms with van der Waals surface area (Å²) in [5.74, 6) is 0. The van der Waals surface area contributed by atoms with Crippen molar-refractivity contribution >= 4 is 81.1 Å². The Kier molecular flexibility index (Phi) is 7.85. The molecule has 58 heavy (non-hydrogen) atoms. The molecule has 0 N–H and O–H groups in total. The van der Waals surface area contributed by atoms with E-state index in [4.69, 9.17) is 11.8 Å². The lowest BCUT2D eigenvalue weighted by Gasteiger charge is -2.46. The third-order valence-corrected chi connectivity index (χ3v) is 19.6. The molecular formula is C53H43N2PSSi. The lowest BCUT2D eigenvalue weighted by atomic mass is 9.64. The molecule has 0 fully saturated rings. The quantitative estimate of drug-likeness (QED) is 0.129. The third-order valence-electron chi connectivity index (χ3n) is 12.7. The molecule has 5 heteroatoms. The minimum atomic E-state index is -2.45. The zero-order chi connectivity index (χ0) is 39.4. The van der Waals surface area contributed by atoms with Crippen molar-refractivity contribution in [1.29, 1.82) is 0 Å². The first kappa shape index (κ1) is 35.4. The van der Waals surface area contributed by atoms with Gasteiger partial charge in [0.05, 0.1) is 36.2 Å². The molecule has 8 aromatic carbocycles. The van der Waals surface area contributed by atoms with Crippen LogP contribution in [0.4, 0.5) is 34.1 Å². The van der Waals surface area contributed by atoms with Crippen LogP contribution in [0.25, 0.3) is 11.1 Å². The summed E-state index contributed by atoms with van der Waals surface area (Å²) in [6.45, 7) is 9.64. The number of para-hydroxylation sites is 2. The van der Waals surface area contributed by atoms with Crippen molar-refractivity contribution in [3.63, 3.8) is 0 Å². The van der Waals surface area contributed by atoms with Gasteiger partial charge in [-0.05, 0) is 94.1 Å². The molecule has 3 aliphatic rings. The fourth-order valence-corrected chi connectivity index (χ4v) is 15.5. The molecule has 0 radical (unpaired) electrons. The molecule has 1 aliphatic carbocycles. The Labute approximate surface area is 348 Å². The van der Waals surface area contributed by atoms with Gasteiger partial charge in [0.15, 0.2) is 0 Å². The van der Waals surface area contributed by atoms with Gasteiger partial charge in [-0.25, -0.2) is 0 Å². The van der Waals surface area contributed by atoms with E-state index in [1.54, 1.807) is 0 Å². The van der Waals surface area contributed by atoms with E-state index in [9.17, 15) is 0 Å². The van der Waals surface area contributed by atoms with Crippen molar-refractivity contribution in [2.24, 2.45) is 0 Å². The molecule has 11 rings (SSSR count). The molecule has 1 atom stereocenters. The van der Waals surface area contributed by atoms with Gasteiger partial charge in [0.1, 0.15) is 0 Å². The number of nitrogens with zero attached hydrogens (tertiary/aromatic N) is 2. The molecule has 0 saturated heterocycles. The fraction of sp³-hybridized carbons (Fsp3) is 0.0943. The standard InChI is InChI=1S/C53H43N2PSSi/c1-36-27-30-47-45(33-36)53(43-23-13-11-21-41(43)42-22-12-14-24-44(42)53)46-35-40(58(2,3)4)29-31-48(46)55(47)38-28-32-52-50(34-38)54(37-17-7-5-8-18-37)49-25-15-16-26-51(49)56(52,57)39-19-9-6-10-20-39/h5-35H,1-4H3. The van der Waals surface area contributed by atoms with Crippen LogP contribution in [0, 0.1) is 6.92 Å². The molecular weight excluding hydrogens is 756 g/mol. The summed E-state index contributed by atoms with van der Waals surface area (Å²) in [7, 11) is -1.73. The Morgan fingerprint density at radius 3 is 1.69 bits per heavy atom. The van der Waals surface area contributed by atoms with Gasteiger partial charge in [-0.15, -0.1) is 0 Å². The fourth-order valence-electron chi connectivity index (χ4n) is 10.1. The maximum absolute atomic E-state index is 7.04. The second-order valence-corrected chi connectivity index (χ2v) is 26.4. The van der Waals surface area contributed by atoms with Gasteiger partial charge in [-0.2, -0.15) is 0 Å². The van der Waals surface area contributed by atoms with Crippen LogP contribution in [0.2, 0.25) is 19.6 Å². The third kappa shape index (κ3) is 4.86. The lowest BCUT2D eigenvalue weighted by molar-refractivity contribution is 0.752. The van der Waals surface area contributed by atoms with Crippen LogP contribution in [0.3, 0.4) is 0 Å². The number of hydrogen-bond acceptors (Lipinski definition) is 3. The summed E-state index contributed by atoms with van der Waals surface area (Å²) in [5.41, 5.74) is 15.8. The molecule has 2 aliphatic heterocycles. The van der Waals surface area contributed by atoms with Gasteiger partial charge in [-0.3, -0.25) is 0 Å². The Hall–Kier alpha value is -5.77. The molecule has 1 unspecified atom stereocenters. The first-order valence-corrected chi connectivity index (χ1v) is 26.5. The highest BCUT2D eigenvalue weighted by molar-refractivity contribution is 8.25. The maximum Gasteiger partial charge on any atom is 0.0776 e. The SMILES string of the molecule is Cc1ccc2c(c1)C1(c3ccccc3-c3ccccc31)c1cc([Si](C)(C)C)ccc1N2c1ccc2c(c1)N(c1ccccc1)c1ccccc1P2(=S)c1ccccc1. The van der Waals surface area contributed by atoms with Crippen molar-refractivity contribution in [2.45, 2.75) is 32.0 Å². The minimum Gasteiger partial charge on any atom is -0.310 e.